The van der Waals surface area contributed by atoms with Crippen molar-refractivity contribution >= 4 is 45.7 Å². The molecule has 142 valence electrons. The molecule has 0 aliphatic carbocycles. The number of ketones is 1. The van der Waals surface area contributed by atoms with Crippen LogP contribution in [0.3, 0.4) is 0 Å². The predicted molar refractivity (Wildman–Crippen MR) is 115 cm³/mol. The van der Waals surface area contributed by atoms with Crippen LogP contribution in [-0.2, 0) is 9.59 Å². The molecule has 1 fully saturated rings. The molecule has 0 saturated carbocycles. The molecule has 4 rings (SSSR count). The van der Waals surface area contributed by atoms with Gasteiger partial charge < -0.3 is 9.64 Å². The van der Waals surface area contributed by atoms with Gasteiger partial charge in [0, 0.05) is 6.54 Å². The number of amides is 1. The zero-order valence-electron chi connectivity index (χ0n) is 15.5. The van der Waals surface area contributed by atoms with E-state index < -0.39 is 0 Å². The molecule has 0 aromatic heterocycles. The lowest BCUT2D eigenvalue weighted by molar-refractivity contribution is -0.127. The second kappa shape index (κ2) is 7.41. The Labute approximate surface area is 173 Å². The topological polar surface area (TPSA) is 49.9 Å². The van der Waals surface area contributed by atoms with Crippen molar-refractivity contribution < 1.29 is 14.3 Å². The first-order chi connectivity index (χ1) is 13.5. The standard InChI is InChI=1S/C21H18N2O3S2/c1-3-22-16-11-15(14-7-5-4-6-8-14)9-10-17(16)26-20(22)18-19(25)23(12-13(2)24)21(27)28-18/h4-11H,3,12H2,1-2H3/b20-18+. The lowest BCUT2D eigenvalue weighted by Crippen LogP contribution is -2.33. The molecular weight excluding hydrogens is 392 g/mol. The van der Waals surface area contributed by atoms with E-state index in [4.69, 9.17) is 17.0 Å². The Morgan fingerprint density at radius 1 is 1.11 bits per heavy atom. The average Bonchev–Trinajstić information content (AvgIpc) is 3.19. The highest BCUT2D eigenvalue weighted by atomic mass is 32.2. The van der Waals surface area contributed by atoms with Gasteiger partial charge in [0.1, 0.15) is 15.0 Å². The van der Waals surface area contributed by atoms with Gasteiger partial charge in [0.25, 0.3) is 5.91 Å². The van der Waals surface area contributed by atoms with Crippen molar-refractivity contribution in [2.24, 2.45) is 0 Å². The predicted octanol–water partition coefficient (Wildman–Crippen LogP) is 4.19. The smallest absolute Gasteiger partial charge is 0.272 e. The molecule has 0 N–H and O–H groups in total. The zero-order chi connectivity index (χ0) is 19.8. The molecule has 2 aliphatic rings. The van der Waals surface area contributed by atoms with Crippen LogP contribution in [0.25, 0.3) is 11.1 Å². The van der Waals surface area contributed by atoms with Gasteiger partial charge in [0.15, 0.2) is 5.75 Å². The Morgan fingerprint density at radius 3 is 2.54 bits per heavy atom. The number of benzene rings is 2. The number of ether oxygens (including phenoxy) is 1. The van der Waals surface area contributed by atoms with Crippen molar-refractivity contribution in [3.05, 3.63) is 59.3 Å². The van der Waals surface area contributed by atoms with Crippen molar-refractivity contribution in [2.45, 2.75) is 13.8 Å². The van der Waals surface area contributed by atoms with E-state index in [1.165, 1.54) is 23.6 Å². The molecule has 0 spiro atoms. The number of rotatable bonds is 4. The number of hydrogen-bond donors (Lipinski definition) is 0. The first-order valence-electron chi connectivity index (χ1n) is 8.92. The summed E-state index contributed by atoms with van der Waals surface area (Å²) in [6.45, 7) is 4.07. The van der Waals surface area contributed by atoms with E-state index in [2.05, 4.69) is 18.2 Å². The first kappa shape index (κ1) is 18.7. The number of thiocarbonyl (C=S) groups is 1. The van der Waals surface area contributed by atoms with Crippen LogP contribution in [0.5, 0.6) is 5.75 Å². The number of carbonyl (C=O) groups excluding carboxylic acids is 2. The summed E-state index contributed by atoms with van der Waals surface area (Å²) in [5, 5.41) is 0. The third kappa shape index (κ3) is 3.21. The van der Waals surface area contributed by atoms with Gasteiger partial charge in [-0.25, -0.2) is 0 Å². The minimum Gasteiger partial charge on any atom is -0.437 e. The lowest BCUT2D eigenvalue weighted by Gasteiger charge is -2.17. The van der Waals surface area contributed by atoms with Crippen molar-refractivity contribution in [1.29, 1.82) is 0 Å². The van der Waals surface area contributed by atoms with Gasteiger partial charge in [-0.3, -0.25) is 14.5 Å². The van der Waals surface area contributed by atoms with Crippen molar-refractivity contribution in [3.63, 3.8) is 0 Å². The van der Waals surface area contributed by atoms with Gasteiger partial charge >= 0.3 is 0 Å². The third-order valence-electron chi connectivity index (χ3n) is 4.55. The molecule has 2 heterocycles. The van der Waals surface area contributed by atoms with Crippen molar-refractivity contribution in [2.75, 3.05) is 18.0 Å². The monoisotopic (exact) mass is 410 g/mol. The summed E-state index contributed by atoms with van der Waals surface area (Å²) < 4.78 is 6.43. The molecule has 5 nitrogen and oxygen atoms in total. The van der Waals surface area contributed by atoms with Crippen LogP contribution < -0.4 is 9.64 Å². The number of anilines is 1. The Bertz CT molecular complexity index is 1020. The summed E-state index contributed by atoms with van der Waals surface area (Å²) in [7, 11) is 0. The number of fused-ring (bicyclic) bond motifs is 1. The third-order valence-corrected chi connectivity index (χ3v) is 5.97. The number of nitrogens with zero attached hydrogens (tertiary/aromatic N) is 2. The summed E-state index contributed by atoms with van der Waals surface area (Å²) in [6.07, 6.45) is 0. The molecule has 1 saturated heterocycles. The second-order valence-electron chi connectivity index (χ2n) is 6.49. The maximum Gasteiger partial charge on any atom is 0.272 e. The maximum atomic E-state index is 12.8. The summed E-state index contributed by atoms with van der Waals surface area (Å²) in [5.41, 5.74) is 3.10. The van der Waals surface area contributed by atoms with Crippen molar-refractivity contribution in [1.82, 2.24) is 4.90 Å². The van der Waals surface area contributed by atoms with E-state index in [1.807, 2.05) is 42.2 Å². The fourth-order valence-electron chi connectivity index (χ4n) is 3.26. The summed E-state index contributed by atoms with van der Waals surface area (Å²) >= 11 is 6.48. The molecule has 1 amide bonds. The van der Waals surface area contributed by atoms with E-state index in [0.29, 0.717) is 27.4 Å². The molecule has 2 aromatic carbocycles. The summed E-state index contributed by atoms with van der Waals surface area (Å²) in [4.78, 5) is 28.0. The van der Waals surface area contributed by atoms with Gasteiger partial charge in [0.05, 0.1) is 12.2 Å². The maximum absolute atomic E-state index is 12.8. The quantitative estimate of drug-likeness (QED) is 0.556. The molecule has 0 atom stereocenters. The Kier molecular flexibility index (Phi) is 4.95. The highest BCUT2D eigenvalue weighted by molar-refractivity contribution is 8.26. The van der Waals surface area contributed by atoms with Gasteiger partial charge in [-0.05, 0) is 48.9 Å². The highest BCUT2D eigenvalue weighted by Gasteiger charge is 2.40. The second-order valence-corrected chi connectivity index (χ2v) is 8.13. The highest BCUT2D eigenvalue weighted by Crippen LogP contribution is 2.45. The van der Waals surface area contributed by atoms with Gasteiger partial charge in [0.2, 0.25) is 5.88 Å². The summed E-state index contributed by atoms with van der Waals surface area (Å²) in [6, 6.07) is 16.1. The van der Waals surface area contributed by atoms with E-state index in [1.54, 1.807) is 0 Å². The number of hydrogen-bond acceptors (Lipinski definition) is 6. The molecular formula is C21H18N2O3S2. The van der Waals surface area contributed by atoms with Crippen molar-refractivity contribution in [3.8, 4) is 16.9 Å². The Balaban J connectivity index is 1.72. The summed E-state index contributed by atoms with van der Waals surface area (Å²) in [5.74, 6) is 0.784. The zero-order valence-corrected chi connectivity index (χ0v) is 17.1. The minimum absolute atomic E-state index is 0.0152. The SMILES string of the molecule is CCN1/C(=C2\SC(=S)N(CC(C)=O)C2=O)Oc2ccc(-c3ccccc3)cc21. The number of thioether (sulfide) groups is 1. The van der Waals surface area contributed by atoms with E-state index in [0.717, 1.165) is 16.8 Å². The Hall–Kier alpha value is -2.64. The number of carbonyl (C=O) groups is 2. The first-order valence-corrected chi connectivity index (χ1v) is 10.1. The van der Waals surface area contributed by atoms with Crippen LogP contribution in [-0.4, -0.2) is 34.0 Å². The molecule has 2 aliphatic heterocycles. The fraction of sp³-hybridized carbons (Fsp3) is 0.190. The number of Topliss-reactive ketones (excluding diaryl/α,β-unsaturated/α-hetero) is 1. The van der Waals surface area contributed by atoms with Gasteiger partial charge in [-0.15, -0.1) is 0 Å². The molecule has 28 heavy (non-hydrogen) atoms. The van der Waals surface area contributed by atoms with E-state index >= 15 is 0 Å². The van der Waals surface area contributed by atoms with Gasteiger partial charge in [-0.2, -0.15) is 0 Å². The average molecular weight is 411 g/mol. The van der Waals surface area contributed by atoms with E-state index in [9.17, 15) is 9.59 Å². The molecule has 0 radical (unpaired) electrons. The molecule has 7 heteroatoms. The van der Waals surface area contributed by atoms with Gasteiger partial charge in [-0.1, -0.05) is 48.6 Å². The van der Waals surface area contributed by atoms with Crippen LogP contribution >= 0.6 is 24.0 Å². The van der Waals surface area contributed by atoms with E-state index in [-0.39, 0.29) is 18.2 Å². The minimum atomic E-state index is -0.283. The molecule has 2 aromatic rings. The van der Waals surface area contributed by atoms with Crippen LogP contribution in [0.15, 0.2) is 59.3 Å². The normalized spacial score (nSPS) is 18.5. The fourth-order valence-corrected chi connectivity index (χ4v) is 4.53. The molecule has 0 bridgehead atoms. The van der Waals surface area contributed by atoms with Crippen LogP contribution in [0, 0.1) is 0 Å². The van der Waals surface area contributed by atoms with Crippen LogP contribution in [0.2, 0.25) is 0 Å². The van der Waals surface area contributed by atoms with Crippen LogP contribution in [0.1, 0.15) is 13.8 Å². The largest absolute Gasteiger partial charge is 0.437 e. The molecule has 0 unspecified atom stereocenters. The Morgan fingerprint density at radius 2 is 1.86 bits per heavy atom. The van der Waals surface area contributed by atoms with Crippen LogP contribution in [0.4, 0.5) is 5.69 Å². The lowest BCUT2D eigenvalue weighted by atomic mass is 10.0.